The van der Waals surface area contributed by atoms with Crippen LogP contribution in [0.3, 0.4) is 0 Å². The number of aliphatic carboxylic acids is 1. The molecule has 2 saturated heterocycles. The van der Waals surface area contributed by atoms with Gasteiger partial charge in [-0.3, -0.25) is 4.79 Å². The van der Waals surface area contributed by atoms with E-state index in [1.54, 1.807) is 24.3 Å². The van der Waals surface area contributed by atoms with Crippen LogP contribution in [0.4, 0.5) is 0 Å². The highest BCUT2D eigenvalue weighted by atomic mass is 16.5. The van der Waals surface area contributed by atoms with Gasteiger partial charge in [0.1, 0.15) is 5.75 Å². The number of carbonyl (C=O) groups excluding carboxylic acids is 1. The first-order chi connectivity index (χ1) is 10.1. The quantitative estimate of drug-likeness (QED) is 0.900. The Bertz CT molecular complexity index is 529. The number of carbonyl (C=O) groups is 2. The molecule has 6 nitrogen and oxygen atoms in total. The predicted octanol–water partition coefficient (Wildman–Crippen LogP) is 1.15. The monoisotopic (exact) mass is 291 g/mol. The summed E-state index contributed by atoms with van der Waals surface area (Å²) in [6.45, 7) is 0.902. The molecule has 0 spiro atoms. The third kappa shape index (κ3) is 3.16. The van der Waals surface area contributed by atoms with Gasteiger partial charge in [0.2, 0.25) is 0 Å². The topological polar surface area (TPSA) is 76.1 Å². The molecule has 3 rings (SSSR count). The van der Waals surface area contributed by atoms with E-state index < -0.39 is 5.97 Å². The van der Waals surface area contributed by atoms with E-state index in [-0.39, 0.29) is 24.7 Å². The van der Waals surface area contributed by atoms with E-state index in [1.165, 1.54) is 0 Å². The van der Waals surface area contributed by atoms with E-state index in [4.69, 9.17) is 14.6 Å². The minimum atomic E-state index is -1.03. The zero-order valence-electron chi connectivity index (χ0n) is 11.5. The first-order valence-electron chi connectivity index (χ1n) is 7.01. The van der Waals surface area contributed by atoms with Crippen molar-refractivity contribution in [1.82, 2.24) is 4.90 Å². The van der Waals surface area contributed by atoms with Gasteiger partial charge in [0.05, 0.1) is 12.2 Å². The fourth-order valence-electron chi connectivity index (χ4n) is 2.80. The second-order valence-electron chi connectivity index (χ2n) is 5.37. The van der Waals surface area contributed by atoms with Crippen LogP contribution in [0.1, 0.15) is 23.2 Å². The maximum atomic E-state index is 12.4. The Balaban J connectivity index is 1.63. The van der Waals surface area contributed by atoms with Gasteiger partial charge in [0, 0.05) is 18.7 Å². The van der Waals surface area contributed by atoms with Gasteiger partial charge >= 0.3 is 5.97 Å². The van der Waals surface area contributed by atoms with E-state index >= 15 is 0 Å². The molecule has 21 heavy (non-hydrogen) atoms. The summed E-state index contributed by atoms with van der Waals surface area (Å²) in [5.74, 6) is -0.602. The SMILES string of the molecule is O=C(O)COc1ccc(C(=O)N2CC3CCC(C2)O3)cc1. The van der Waals surface area contributed by atoms with Crippen LogP contribution in [0.15, 0.2) is 24.3 Å². The Labute approximate surface area is 122 Å². The predicted molar refractivity (Wildman–Crippen MR) is 73.4 cm³/mol. The van der Waals surface area contributed by atoms with Gasteiger partial charge in [-0.25, -0.2) is 4.79 Å². The maximum Gasteiger partial charge on any atom is 0.341 e. The van der Waals surface area contributed by atoms with Crippen molar-refractivity contribution in [3.63, 3.8) is 0 Å². The Hall–Kier alpha value is -2.08. The highest BCUT2D eigenvalue weighted by Crippen LogP contribution is 2.27. The molecule has 2 fully saturated rings. The van der Waals surface area contributed by atoms with Crippen LogP contribution in [0.5, 0.6) is 5.75 Å². The third-order valence-electron chi connectivity index (χ3n) is 3.79. The molecule has 112 valence electrons. The van der Waals surface area contributed by atoms with E-state index in [2.05, 4.69) is 0 Å². The third-order valence-corrected chi connectivity index (χ3v) is 3.79. The van der Waals surface area contributed by atoms with Crippen molar-refractivity contribution >= 4 is 11.9 Å². The van der Waals surface area contributed by atoms with Crippen LogP contribution in [0, 0.1) is 0 Å². The Morgan fingerprint density at radius 2 is 1.81 bits per heavy atom. The lowest BCUT2D eigenvalue weighted by Gasteiger charge is -2.32. The van der Waals surface area contributed by atoms with Gasteiger partial charge < -0.3 is 19.5 Å². The van der Waals surface area contributed by atoms with Gasteiger partial charge in [-0.15, -0.1) is 0 Å². The lowest BCUT2D eigenvalue weighted by Crippen LogP contribution is -2.45. The molecule has 2 aliphatic heterocycles. The number of rotatable bonds is 4. The van der Waals surface area contributed by atoms with Crippen molar-refractivity contribution in [2.75, 3.05) is 19.7 Å². The zero-order valence-corrected chi connectivity index (χ0v) is 11.5. The average Bonchev–Trinajstić information content (AvgIpc) is 2.83. The number of ether oxygens (including phenoxy) is 2. The van der Waals surface area contributed by atoms with Gasteiger partial charge in [-0.2, -0.15) is 0 Å². The van der Waals surface area contributed by atoms with Gasteiger partial charge in [-0.1, -0.05) is 0 Å². The molecule has 1 aromatic carbocycles. The molecule has 6 heteroatoms. The summed E-state index contributed by atoms with van der Waals surface area (Å²) in [6.07, 6.45) is 2.39. The van der Waals surface area contributed by atoms with Crippen LogP contribution < -0.4 is 4.74 Å². The first kappa shape index (κ1) is 13.9. The molecule has 2 bridgehead atoms. The van der Waals surface area contributed by atoms with Crippen LogP contribution in [-0.2, 0) is 9.53 Å². The van der Waals surface area contributed by atoms with Crippen LogP contribution in [-0.4, -0.2) is 53.8 Å². The van der Waals surface area contributed by atoms with Gasteiger partial charge in [0.25, 0.3) is 5.91 Å². The van der Waals surface area contributed by atoms with Crippen molar-refractivity contribution in [1.29, 1.82) is 0 Å². The number of amides is 1. The van der Waals surface area contributed by atoms with Crippen LogP contribution in [0.25, 0.3) is 0 Å². The van der Waals surface area contributed by atoms with Gasteiger partial charge in [0.15, 0.2) is 6.61 Å². The van der Waals surface area contributed by atoms with Crippen molar-refractivity contribution in [2.24, 2.45) is 0 Å². The molecular weight excluding hydrogens is 274 g/mol. The van der Waals surface area contributed by atoms with E-state index in [0.717, 1.165) is 12.8 Å². The van der Waals surface area contributed by atoms with Crippen molar-refractivity contribution in [3.8, 4) is 5.75 Å². The molecule has 2 unspecified atom stereocenters. The molecule has 1 N–H and O–H groups in total. The van der Waals surface area contributed by atoms with Crippen LogP contribution in [0.2, 0.25) is 0 Å². The molecule has 2 aliphatic rings. The second-order valence-corrected chi connectivity index (χ2v) is 5.37. The van der Waals surface area contributed by atoms with Crippen molar-refractivity contribution in [3.05, 3.63) is 29.8 Å². The lowest BCUT2D eigenvalue weighted by molar-refractivity contribution is -0.139. The molecule has 2 atom stereocenters. The van der Waals surface area contributed by atoms with Crippen molar-refractivity contribution < 1.29 is 24.2 Å². The number of morpholine rings is 1. The summed E-state index contributed by atoms with van der Waals surface area (Å²) in [4.78, 5) is 24.7. The van der Waals surface area contributed by atoms with E-state index in [9.17, 15) is 9.59 Å². The highest BCUT2D eigenvalue weighted by Gasteiger charge is 2.35. The summed E-state index contributed by atoms with van der Waals surface area (Å²) in [6, 6.07) is 6.56. The summed E-state index contributed by atoms with van der Waals surface area (Å²) < 4.78 is 10.8. The molecule has 2 heterocycles. The minimum Gasteiger partial charge on any atom is -0.482 e. The number of likely N-dealkylation sites (tertiary alicyclic amines) is 1. The summed E-state index contributed by atoms with van der Waals surface area (Å²) >= 11 is 0. The standard InChI is InChI=1S/C15H17NO5/c17-14(18)9-20-11-3-1-10(2-4-11)15(19)16-7-12-5-6-13(8-16)21-12/h1-4,12-13H,5-9H2,(H,17,18). The highest BCUT2D eigenvalue weighted by molar-refractivity contribution is 5.94. The molecule has 0 aromatic heterocycles. The summed E-state index contributed by atoms with van der Waals surface area (Å²) in [5.41, 5.74) is 0.582. The number of nitrogens with zero attached hydrogens (tertiary/aromatic N) is 1. The number of carboxylic acids is 1. The first-order valence-corrected chi connectivity index (χ1v) is 7.01. The fraction of sp³-hybridized carbons (Fsp3) is 0.467. The molecule has 1 amide bonds. The normalized spacial score (nSPS) is 23.9. The number of hydrogen-bond donors (Lipinski definition) is 1. The van der Waals surface area contributed by atoms with E-state index in [1.807, 2.05) is 4.90 Å². The molecule has 0 radical (unpaired) electrons. The number of fused-ring (bicyclic) bond motifs is 2. The lowest BCUT2D eigenvalue weighted by atomic mass is 10.1. The zero-order chi connectivity index (χ0) is 14.8. The summed E-state index contributed by atoms with van der Waals surface area (Å²) in [5, 5.41) is 8.55. The molecule has 1 aromatic rings. The fourth-order valence-corrected chi connectivity index (χ4v) is 2.80. The number of benzene rings is 1. The smallest absolute Gasteiger partial charge is 0.341 e. The van der Waals surface area contributed by atoms with E-state index in [0.29, 0.717) is 24.4 Å². The second kappa shape index (κ2) is 5.73. The molecular formula is C15H17NO5. The molecule has 0 aliphatic carbocycles. The Morgan fingerprint density at radius 1 is 1.19 bits per heavy atom. The minimum absolute atomic E-state index is 0.0139. The average molecular weight is 291 g/mol. The van der Waals surface area contributed by atoms with Crippen LogP contribution >= 0.6 is 0 Å². The largest absolute Gasteiger partial charge is 0.482 e. The summed E-state index contributed by atoms with van der Waals surface area (Å²) in [7, 11) is 0. The maximum absolute atomic E-state index is 12.4. The van der Waals surface area contributed by atoms with Gasteiger partial charge in [-0.05, 0) is 37.1 Å². The number of carboxylic acid groups (broad SMARTS) is 1. The molecule has 0 saturated carbocycles. The van der Waals surface area contributed by atoms with Crippen molar-refractivity contribution in [2.45, 2.75) is 25.0 Å². The number of hydrogen-bond acceptors (Lipinski definition) is 4. The Kier molecular flexibility index (Phi) is 3.79. The Morgan fingerprint density at radius 3 is 2.38 bits per heavy atom.